The van der Waals surface area contributed by atoms with Crippen molar-refractivity contribution in [3.63, 3.8) is 0 Å². The molecule has 5 nitrogen and oxygen atoms in total. The van der Waals surface area contributed by atoms with Gasteiger partial charge in [-0.15, -0.1) is 0 Å². The number of rotatable bonds is 4. The van der Waals surface area contributed by atoms with Crippen LogP contribution in [0.15, 0.2) is 0 Å². The monoisotopic (exact) mass is 133 g/mol. The van der Waals surface area contributed by atoms with E-state index in [2.05, 4.69) is 9.47 Å². The van der Waals surface area contributed by atoms with Gasteiger partial charge in [-0.1, -0.05) is 0 Å². The third-order valence-electron chi connectivity index (χ3n) is 0.470. The predicted octanol–water partition coefficient (Wildman–Crippen LogP) is -0.235. The molecule has 0 rings (SSSR count). The largest absolute Gasteiger partial charge is 0.505 e. The Labute approximate surface area is 51.2 Å². The lowest BCUT2D eigenvalue weighted by molar-refractivity contribution is 0.0756. The van der Waals surface area contributed by atoms with Gasteiger partial charge < -0.3 is 14.6 Å². The topological polar surface area (TPSA) is 72.8 Å². The average Bonchev–Trinajstić information content (AvgIpc) is 1.80. The molecule has 0 aliphatic heterocycles. The summed E-state index contributed by atoms with van der Waals surface area (Å²) in [6.07, 6.45) is -1.38. The van der Waals surface area contributed by atoms with Gasteiger partial charge in [-0.25, -0.2) is 9.59 Å². The number of carbonyl (C=O) groups excluding carboxylic acids is 1. The number of carboxylic acid groups (broad SMARTS) is 1. The molecule has 0 aliphatic carbocycles. The molecule has 5 heteroatoms. The fourth-order valence-corrected chi connectivity index (χ4v) is 0.212. The number of hydrogen-bond donors (Lipinski definition) is 1. The first kappa shape index (κ1) is 7.74. The molecule has 9 heavy (non-hydrogen) atoms. The van der Waals surface area contributed by atoms with Gasteiger partial charge in [0.25, 0.3) is 0 Å². The fraction of sp³-hybridized carbons (Fsp3) is 0.500. The van der Waals surface area contributed by atoms with Crippen LogP contribution < -0.4 is 0 Å². The summed E-state index contributed by atoms with van der Waals surface area (Å²) < 4.78 is 7.95. The maximum atomic E-state index is 9.59. The molecule has 0 saturated carbocycles. The highest BCUT2D eigenvalue weighted by Crippen LogP contribution is 1.75. The Bertz CT molecular complexity index is 99.1. The van der Waals surface area contributed by atoms with Crippen molar-refractivity contribution in [2.45, 2.75) is 0 Å². The predicted molar refractivity (Wildman–Crippen MR) is 25.6 cm³/mol. The summed E-state index contributed by atoms with van der Waals surface area (Å²) in [5.74, 6) is 0. The Morgan fingerprint density at radius 2 is 2.22 bits per heavy atom. The minimum Gasteiger partial charge on any atom is -0.454 e. The molecule has 51 valence electrons. The van der Waals surface area contributed by atoms with Gasteiger partial charge in [-0.2, -0.15) is 0 Å². The Morgan fingerprint density at radius 3 is 2.67 bits per heavy atom. The van der Waals surface area contributed by atoms with Crippen molar-refractivity contribution in [3.8, 4) is 0 Å². The van der Waals surface area contributed by atoms with Crippen molar-refractivity contribution in [1.29, 1.82) is 0 Å². The number of ether oxygens (including phenoxy) is 2. The van der Waals surface area contributed by atoms with Crippen molar-refractivity contribution in [1.82, 2.24) is 0 Å². The molecule has 0 unspecified atom stereocenters. The molecule has 0 saturated heterocycles. The quantitative estimate of drug-likeness (QED) is 0.423. The molecule has 1 N–H and O–H groups in total. The highest BCUT2D eigenvalue weighted by molar-refractivity contribution is 5.56. The first-order valence-corrected chi connectivity index (χ1v) is 2.12. The minimum atomic E-state index is -1.38. The Kier molecular flexibility index (Phi) is 4.20. The van der Waals surface area contributed by atoms with Gasteiger partial charge in [0, 0.05) is 0 Å². The van der Waals surface area contributed by atoms with E-state index >= 15 is 0 Å². The van der Waals surface area contributed by atoms with Crippen LogP contribution in [0.3, 0.4) is 0 Å². The molecule has 0 aromatic carbocycles. The van der Waals surface area contributed by atoms with Crippen molar-refractivity contribution in [2.75, 3.05) is 13.2 Å². The summed E-state index contributed by atoms with van der Waals surface area (Å²) in [5, 5.41) is 7.84. The maximum Gasteiger partial charge on any atom is 0.505 e. The van der Waals surface area contributed by atoms with Crippen molar-refractivity contribution >= 4 is 12.6 Å². The number of carbonyl (C=O) groups is 1. The molecule has 1 radical (unpaired) electrons. The van der Waals surface area contributed by atoms with Crippen LogP contribution >= 0.6 is 0 Å². The zero-order valence-corrected chi connectivity index (χ0v) is 4.49. The second-order valence-electron chi connectivity index (χ2n) is 1.05. The lowest BCUT2D eigenvalue weighted by Gasteiger charge is -1.95. The zero-order valence-electron chi connectivity index (χ0n) is 4.49. The van der Waals surface area contributed by atoms with Gasteiger partial charge in [0.05, 0.1) is 0 Å². The summed E-state index contributed by atoms with van der Waals surface area (Å²) in [7, 11) is 0. The Hall–Kier alpha value is -1.26. The fourth-order valence-electron chi connectivity index (χ4n) is 0.212. The van der Waals surface area contributed by atoms with Crippen molar-refractivity contribution < 1.29 is 24.2 Å². The molecular formula is C4H5O5. The first-order valence-electron chi connectivity index (χ1n) is 2.12. The SMILES string of the molecule is O=[C]OCCOC(=O)O. The van der Waals surface area contributed by atoms with E-state index in [1.165, 1.54) is 0 Å². The van der Waals surface area contributed by atoms with Crippen LogP contribution in [0.5, 0.6) is 0 Å². The smallest absolute Gasteiger partial charge is 0.454 e. The lowest BCUT2D eigenvalue weighted by Crippen LogP contribution is -2.07. The van der Waals surface area contributed by atoms with Crippen molar-refractivity contribution in [3.05, 3.63) is 0 Å². The molecule has 0 amide bonds. The molecule has 0 atom stereocenters. The molecule has 0 heterocycles. The Balaban J connectivity index is 2.91. The molecule has 0 aliphatic rings. The second-order valence-corrected chi connectivity index (χ2v) is 1.05. The molecule has 0 spiro atoms. The van der Waals surface area contributed by atoms with Crippen molar-refractivity contribution in [2.24, 2.45) is 0 Å². The first-order chi connectivity index (χ1) is 4.27. The van der Waals surface area contributed by atoms with Crippen LogP contribution in [0.4, 0.5) is 4.79 Å². The summed E-state index contributed by atoms with van der Waals surface area (Å²) >= 11 is 0. The number of hydrogen-bond acceptors (Lipinski definition) is 4. The van der Waals surface area contributed by atoms with E-state index < -0.39 is 6.16 Å². The summed E-state index contributed by atoms with van der Waals surface area (Å²) in [4.78, 5) is 18.9. The molecule has 0 fully saturated rings. The molecule has 0 aromatic rings. The van der Waals surface area contributed by atoms with E-state index in [9.17, 15) is 9.59 Å². The van der Waals surface area contributed by atoms with Gasteiger partial charge in [0.15, 0.2) is 0 Å². The standard InChI is InChI=1S/C4H5O5/c5-3-8-1-2-9-4(6)7/h1-2H2,(H,6,7). The maximum absolute atomic E-state index is 9.59. The van der Waals surface area contributed by atoms with Crippen LogP contribution in [0, 0.1) is 0 Å². The highest BCUT2D eigenvalue weighted by atomic mass is 16.7. The van der Waals surface area contributed by atoms with E-state index in [0.717, 1.165) is 6.47 Å². The van der Waals surface area contributed by atoms with E-state index in [0.29, 0.717) is 0 Å². The third-order valence-corrected chi connectivity index (χ3v) is 0.470. The van der Waals surface area contributed by atoms with Gasteiger partial charge >= 0.3 is 12.6 Å². The normalized spacial score (nSPS) is 8.00. The molecule has 0 bridgehead atoms. The summed E-state index contributed by atoms with van der Waals surface area (Å²) in [5.41, 5.74) is 0. The molecule has 0 aromatic heterocycles. The average molecular weight is 133 g/mol. The van der Waals surface area contributed by atoms with E-state index in [-0.39, 0.29) is 13.2 Å². The Morgan fingerprint density at radius 1 is 1.56 bits per heavy atom. The van der Waals surface area contributed by atoms with Gasteiger partial charge in [0.2, 0.25) is 0 Å². The lowest BCUT2D eigenvalue weighted by atomic mass is 10.8. The van der Waals surface area contributed by atoms with Gasteiger partial charge in [-0.3, -0.25) is 0 Å². The van der Waals surface area contributed by atoms with Crippen LogP contribution in [0.25, 0.3) is 0 Å². The minimum absolute atomic E-state index is 0.0875. The third kappa shape index (κ3) is 6.74. The summed E-state index contributed by atoms with van der Waals surface area (Å²) in [6.45, 7) is 0.883. The van der Waals surface area contributed by atoms with Gasteiger partial charge in [0.1, 0.15) is 13.2 Å². The highest BCUT2D eigenvalue weighted by Gasteiger charge is 1.93. The second kappa shape index (κ2) is 4.89. The van der Waals surface area contributed by atoms with Crippen LogP contribution in [-0.4, -0.2) is 30.9 Å². The van der Waals surface area contributed by atoms with Gasteiger partial charge in [-0.05, 0) is 0 Å². The molecular weight excluding hydrogens is 128 g/mol. The van der Waals surface area contributed by atoms with Crippen LogP contribution in [0.1, 0.15) is 0 Å². The van der Waals surface area contributed by atoms with E-state index in [4.69, 9.17) is 5.11 Å². The van der Waals surface area contributed by atoms with E-state index in [1.54, 1.807) is 0 Å². The summed E-state index contributed by atoms with van der Waals surface area (Å²) in [6, 6.07) is 0. The van der Waals surface area contributed by atoms with Crippen LogP contribution in [-0.2, 0) is 14.3 Å². The zero-order chi connectivity index (χ0) is 7.11. The van der Waals surface area contributed by atoms with E-state index in [1.807, 2.05) is 0 Å². The van der Waals surface area contributed by atoms with Crippen LogP contribution in [0.2, 0.25) is 0 Å².